The number of piperazine rings is 1. The Hall–Kier alpha value is -1.63. The van der Waals surface area contributed by atoms with Crippen molar-refractivity contribution in [1.29, 1.82) is 0 Å². The van der Waals surface area contributed by atoms with Crippen molar-refractivity contribution < 1.29 is 9.26 Å². The van der Waals surface area contributed by atoms with E-state index in [1.165, 1.54) is 0 Å². The van der Waals surface area contributed by atoms with Gasteiger partial charge in [0.05, 0.1) is 6.04 Å². The second-order valence-corrected chi connectivity index (χ2v) is 7.09. The van der Waals surface area contributed by atoms with Gasteiger partial charge < -0.3 is 9.26 Å². The maximum absolute atomic E-state index is 5.88. The van der Waals surface area contributed by atoms with Crippen LogP contribution >= 0.6 is 11.6 Å². The fourth-order valence-corrected chi connectivity index (χ4v) is 3.24. The highest BCUT2D eigenvalue weighted by atomic mass is 35.5. The van der Waals surface area contributed by atoms with E-state index in [9.17, 15) is 0 Å². The molecular weight excluding hydrogens is 352 g/mol. The first-order valence-corrected chi connectivity index (χ1v) is 9.70. The molecule has 0 N–H and O–H groups in total. The van der Waals surface area contributed by atoms with Crippen LogP contribution in [0, 0.1) is 0 Å². The van der Waals surface area contributed by atoms with Crippen LogP contribution in [0.25, 0.3) is 0 Å². The summed E-state index contributed by atoms with van der Waals surface area (Å²) < 4.78 is 11.2. The van der Waals surface area contributed by atoms with Gasteiger partial charge in [-0.05, 0) is 37.6 Å². The predicted molar refractivity (Wildman–Crippen MR) is 102 cm³/mol. The van der Waals surface area contributed by atoms with Crippen molar-refractivity contribution in [2.75, 3.05) is 39.3 Å². The summed E-state index contributed by atoms with van der Waals surface area (Å²) in [7, 11) is 0. The molecule has 6 nitrogen and oxygen atoms in total. The highest BCUT2D eigenvalue weighted by Crippen LogP contribution is 2.20. The first-order valence-electron chi connectivity index (χ1n) is 9.33. The SMILES string of the molecule is CCCc1noc([C@H](C)N2CCN(CCOc3ccc(Cl)cc3)CC2)n1. The number of aromatic nitrogens is 2. The zero-order valence-electron chi connectivity index (χ0n) is 15.5. The van der Waals surface area contributed by atoms with Crippen molar-refractivity contribution in [1.82, 2.24) is 19.9 Å². The fraction of sp³-hybridized carbons (Fsp3) is 0.579. The third kappa shape index (κ3) is 5.19. The van der Waals surface area contributed by atoms with E-state index in [4.69, 9.17) is 20.9 Å². The van der Waals surface area contributed by atoms with Crippen molar-refractivity contribution in [2.24, 2.45) is 0 Å². The fourth-order valence-electron chi connectivity index (χ4n) is 3.12. The normalized spacial score (nSPS) is 17.3. The second kappa shape index (κ2) is 9.35. The van der Waals surface area contributed by atoms with Crippen LogP contribution in [0.2, 0.25) is 5.02 Å². The molecule has 0 saturated carbocycles. The summed E-state index contributed by atoms with van der Waals surface area (Å²) in [5.41, 5.74) is 0. The van der Waals surface area contributed by atoms with Gasteiger partial charge in [-0.25, -0.2) is 0 Å². The third-order valence-corrected chi connectivity index (χ3v) is 5.01. The zero-order valence-corrected chi connectivity index (χ0v) is 16.3. The summed E-state index contributed by atoms with van der Waals surface area (Å²) in [6, 6.07) is 7.67. The first-order chi connectivity index (χ1) is 12.7. The molecule has 2 aromatic rings. The van der Waals surface area contributed by atoms with Gasteiger partial charge in [0.2, 0.25) is 5.89 Å². The van der Waals surface area contributed by atoms with Gasteiger partial charge in [0.25, 0.3) is 0 Å². The highest BCUT2D eigenvalue weighted by Gasteiger charge is 2.25. The summed E-state index contributed by atoms with van der Waals surface area (Å²) in [4.78, 5) is 9.35. The number of aryl methyl sites for hydroxylation is 1. The van der Waals surface area contributed by atoms with Gasteiger partial charge in [0.1, 0.15) is 12.4 Å². The van der Waals surface area contributed by atoms with E-state index >= 15 is 0 Å². The molecule has 1 saturated heterocycles. The van der Waals surface area contributed by atoms with Crippen LogP contribution in [0.3, 0.4) is 0 Å². The summed E-state index contributed by atoms with van der Waals surface area (Å²) in [6.07, 6.45) is 1.90. The maximum Gasteiger partial charge on any atom is 0.243 e. The zero-order chi connectivity index (χ0) is 18.4. The number of benzene rings is 1. The number of hydrogen-bond donors (Lipinski definition) is 0. The molecule has 1 aromatic carbocycles. The Morgan fingerprint density at radius 2 is 1.92 bits per heavy atom. The Balaban J connectivity index is 1.39. The van der Waals surface area contributed by atoms with E-state index in [-0.39, 0.29) is 6.04 Å². The largest absolute Gasteiger partial charge is 0.492 e. The first kappa shape index (κ1) is 19.1. The molecule has 1 aliphatic heterocycles. The molecule has 1 aromatic heterocycles. The van der Waals surface area contributed by atoms with Crippen molar-refractivity contribution in [2.45, 2.75) is 32.7 Å². The van der Waals surface area contributed by atoms with Gasteiger partial charge >= 0.3 is 0 Å². The molecule has 1 atom stereocenters. The van der Waals surface area contributed by atoms with E-state index in [0.717, 1.165) is 68.1 Å². The smallest absolute Gasteiger partial charge is 0.243 e. The molecule has 0 bridgehead atoms. The molecule has 1 aliphatic rings. The molecule has 0 radical (unpaired) electrons. The van der Waals surface area contributed by atoms with Gasteiger partial charge in [0.15, 0.2) is 5.82 Å². The number of halogens is 1. The second-order valence-electron chi connectivity index (χ2n) is 6.65. The molecule has 3 rings (SSSR count). The monoisotopic (exact) mass is 378 g/mol. The van der Waals surface area contributed by atoms with Gasteiger partial charge in [-0.15, -0.1) is 0 Å². The Morgan fingerprint density at radius 1 is 1.19 bits per heavy atom. The summed E-state index contributed by atoms with van der Waals surface area (Å²) in [5, 5.41) is 4.79. The minimum absolute atomic E-state index is 0.167. The lowest BCUT2D eigenvalue weighted by Crippen LogP contribution is -2.48. The average Bonchev–Trinajstić information content (AvgIpc) is 3.12. The van der Waals surface area contributed by atoms with E-state index in [1.54, 1.807) is 0 Å². The van der Waals surface area contributed by atoms with Crippen molar-refractivity contribution in [3.8, 4) is 5.75 Å². The highest BCUT2D eigenvalue weighted by molar-refractivity contribution is 6.30. The van der Waals surface area contributed by atoms with Crippen LogP contribution in [-0.2, 0) is 6.42 Å². The number of nitrogens with zero attached hydrogens (tertiary/aromatic N) is 4. The molecule has 142 valence electrons. The molecule has 7 heteroatoms. The molecule has 1 fully saturated rings. The number of ether oxygens (including phenoxy) is 1. The molecule has 0 unspecified atom stereocenters. The Labute approximate surface area is 160 Å². The standard InChI is InChI=1S/C19H27ClN4O2/c1-3-4-18-21-19(26-22-18)15(2)24-11-9-23(10-12-24)13-14-25-17-7-5-16(20)6-8-17/h5-8,15H,3-4,9-14H2,1-2H3/t15-/m0/s1. The molecule has 26 heavy (non-hydrogen) atoms. The van der Waals surface area contributed by atoms with Crippen molar-refractivity contribution >= 4 is 11.6 Å². The maximum atomic E-state index is 5.88. The van der Waals surface area contributed by atoms with E-state index < -0.39 is 0 Å². The number of hydrogen-bond acceptors (Lipinski definition) is 6. The minimum Gasteiger partial charge on any atom is -0.492 e. The Morgan fingerprint density at radius 3 is 2.62 bits per heavy atom. The number of rotatable bonds is 8. The van der Waals surface area contributed by atoms with Gasteiger partial charge in [-0.3, -0.25) is 9.80 Å². The van der Waals surface area contributed by atoms with Crippen LogP contribution in [0.4, 0.5) is 0 Å². The summed E-state index contributed by atoms with van der Waals surface area (Å²) >= 11 is 5.88. The van der Waals surface area contributed by atoms with Gasteiger partial charge in [-0.1, -0.05) is 23.7 Å². The quantitative estimate of drug-likeness (QED) is 0.701. The van der Waals surface area contributed by atoms with E-state index in [2.05, 4.69) is 33.8 Å². The molecule has 0 aliphatic carbocycles. The topological polar surface area (TPSA) is 54.6 Å². The third-order valence-electron chi connectivity index (χ3n) is 4.76. The van der Waals surface area contributed by atoms with Crippen LogP contribution in [-0.4, -0.2) is 59.3 Å². The van der Waals surface area contributed by atoms with Crippen LogP contribution in [0.15, 0.2) is 28.8 Å². The van der Waals surface area contributed by atoms with Crippen molar-refractivity contribution in [3.63, 3.8) is 0 Å². The molecular formula is C19H27ClN4O2. The van der Waals surface area contributed by atoms with Crippen LogP contribution < -0.4 is 4.74 Å². The lowest BCUT2D eigenvalue weighted by atomic mass is 10.2. The van der Waals surface area contributed by atoms with Crippen LogP contribution in [0.5, 0.6) is 5.75 Å². The molecule has 0 amide bonds. The van der Waals surface area contributed by atoms with Crippen molar-refractivity contribution in [3.05, 3.63) is 41.0 Å². The Kier molecular flexibility index (Phi) is 6.88. The Bertz CT molecular complexity index is 668. The van der Waals surface area contributed by atoms with E-state index in [1.807, 2.05) is 24.3 Å². The lowest BCUT2D eigenvalue weighted by molar-refractivity contribution is 0.0800. The van der Waals surface area contributed by atoms with Crippen LogP contribution in [0.1, 0.15) is 38.0 Å². The predicted octanol–water partition coefficient (Wildman–Crippen LogP) is 3.43. The van der Waals surface area contributed by atoms with Gasteiger partial charge in [0, 0.05) is 44.2 Å². The lowest BCUT2D eigenvalue weighted by Gasteiger charge is -2.36. The van der Waals surface area contributed by atoms with Gasteiger partial charge in [-0.2, -0.15) is 4.98 Å². The summed E-state index contributed by atoms with van der Waals surface area (Å²) in [5.74, 6) is 2.40. The molecule has 2 heterocycles. The minimum atomic E-state index is 0.167. The average molecular weight is 379 g/mol. The molecule has 0 spiro atoms. The van der Waals surface area contributed by atoms with E-state index in [0.29, 0.717) is 6.61 Å². The summed E-state index contributed by atoms with van der Waals surface area (Å²) in [6.45, 7) is 9.89.